The van der Waals surface area contributed by atoms with Crippen molar-refractivity contribution < 1.29 is 9.90 Å². The number of carbonyl (C=O) groups is 1. The van der Waals surface area contributed by atoms with Crippen molar-refractivity contribution in [1.29, 1.82) is 0 Å². The van der Waals surface area contributed by atoms with Gasteiger partial charge in [0, 0.05) is 24.3 Å². The van der Waals surface area contributed by atoms with E-state index in [2.05, 4.69) is 10.6 Å². The number of carbonyl (C=O) groups excluding carboxylic acids is 1. The first-order valence-electron chi connectivity index (χ1n) is 5.43. The van der Waals surface area contributed by atoms with Crippen molar-refractivity contribution in [3.63, 3.8) is 0 Å². The first kappa shape index (κ1) is 13.8. The SMILES string of the molecule is CNc1ccc(Cl)c(CNC(=O)C(C)CO)c1. The summed E-state index contributed by atoms with van der Waals surface area (Å²) in [5, 5.41) is 15.2. The van der Waals surface area contributed by atoms with Crippen molar-refractivity contribution in [1.82, 2.24) is 5.32 Å². The molecule has 5 heteroatoms. The predicted molar refractivity (Wildman–Crippen MR) is 69.1 cm³/mol. The zero-order chi connectivity index (χ0) is 12.8. The minimum atomic E-state index is -0.402. The van der Waals surface area contributed by atoms with Gasteiger partial charge in [0.15, 0.2) is 0 Å². The summed E-state index contributed by atoms with van der Waals surface area (Å²) in [6.45, 7) is 1.87. The van der Waals surface area contributed by atoms with Crippen LogP contribution in [0.4, 0.5) is 5.69 Å². The van der Waals surface area contributed by atoms with E-state index in [0.717, 1.165) is 11.3 Å². The van der Waals surface area contributed by atoms with Crippen LogP contribution >= 0.6 is 11.6 Å². The molecular formula is C12H17ClN2O2. The zero-order valence-corrected chi connectivity index (χ0v) is 10.7. The summed E-state index contributed by atoms with van der Waals surface area (Å²) in [5.41, 5.74) is 1.78. The maximum Gasteiger partial charge on any atom is 0.225 e. The highest BCUT2D eigenvalue weighted by atomic mass is 35.5. The maximum atomic E-state index is 11.5. The number of aliphatic hydroxyl groups excluding tert-OH is 1. The van der Waals surface area contributed by atoms with Gasteiger partial charge in [0.25, 0.3) is 0 Å². The lowest BCUT2D eigenvalue weighted by Crippen LogP contribution is -2.30. The van der Waals surface area contributed by atoms with Crippen molar-refractivity contribution in [3.8, 4) is 0 Å². The Bertz CT molecular complexity index is 396. The van der Waals surface area contributed by atoms with E-state index in [1.165, 1.54) is 0 Å². The molecule has 0 spiro atoms. The lowest BCUT2D eigenvalue weighted by atomic mass is 10.1. The van der Waals surface area contributed by atoms with Crippen LogP contribution in [-0.4, -0.2) is 24.7 Å². The molecule has 0 saturated carbocycles. The van der Waals surface area contributed by atoms with E-state index in [1.807, 2.05) is 19.2 Å². The fraction of sp³-hybridized carbons (Fsp3) is 0.417. The van der Waals surface area contributed by atoms with Crippen molar-refractivity contribution >= 4 is 23.2 Å². The minimum Gasteiger partial charge on any atom is -0.396 e. The van der Waals surface area contributed by atoms with Crippen molar-refractivity contribution in [3.05, 3.63) is 28.8 Å². The summed E-state index contributed by atoms with van der Waals surface area (Å²) in [6, 6.07) is 5.53. The zero-order valence-electron chi connectivity index (χ0n) is 9.96. The smallest absolute Gasteiger partial charge is 0.225 e. The molecule has 3 N–H and O–H groups in total. The van der Waals surface area contributed by atoms with Crippen molar-refractivity contribution in [2.24, 2.45) is 5.92 Å². The molecule has 0 heterocycles. The second-order valence-corrected chi connectivity index (χ2v) is 4.26. The number of amides is 1. The molecule has 0 fully saturated rings. The molecule has 1 aromatic rings. The van der Waals surface area contributed by atoms with Crippen LogP contribution in [-0.2, 0) is 11.3 Å². The molecule has 0 saturated heterocycles. The van der Waals surface area contributed by atoms with Crippen LogP contribution in [0.25, 0.3) is 0 Å². The number of anilines is 1. The fourth-order valence-corrected chi connectivity index (χ4v) is 1.49. The molecule has 1 unspecified atom stereocenters. The molecule has 0 radical (unpaired) electrons. The Morgan fingerprint density at radius 2 is 2.24 bits per heavy atom. The van der Waals surface area contributed by atoms with E-state index in [4.69, 9.17) is 16.7 Å². The monoisotopic (exact) mass is 256 g/mol. The van der Waals surface area contributed by atoms with E-state index >= 15 is 0 Å². The van der Waals surface area contributed by atoms with Crippen molar-refractivity contribution in [2.75, 3.05) is 19.0 Å². The number of aliphatic hydroxyl groups is 1. The summed E-state index contributed by atoms with van der Waals surface area (Å²) < 4.78 is 0. The van der Waals surface area contributed by atoms with Gasteiger partial charge in [-0.25, -0.2) is 0 Å². The number of halogens is 1. The van der Waals surface area contributed by atoms with E-state index in [9.17, 15) is 4.79 Å². The fourth-order valence-electron chi connectivity index (χ4n) is 1.31. The molecule has 0 aromatic heterocycles. The Morgan fingerprint density at radius 3 is 2.82 bits per heavy atom. The van der Waals surface area contributed by atoms with Gasteiger partial charge in [0.05, 0.1) is 12.5 Å². The van der Waals surface area contributed by atoms with Gasteiger partial charge in [0.1, 0.15) is 0 Å². The van der Waals surface area contributed by atoms with Crippen LogP contribution in [0.1, 0.15) is 12.5 Å². The van der Waals surface area contributed by atoms with Gasteiger partial charge in [-0.1, -0.05) is 18.5 Å². The quantitative estimate of drug-likeness (QED) is 0.750. The van der Waals surface area contributed by atoms with Gasteiger partial charge in [-0.3, -0.25) is 4.79 Å². The van der Waals surface area contributed by atoms with Crippen LogP contribution in [0.3, 0.4) is 0 Å². The largest absolute Gasteiger partial charge is 0.396 e. The third-order valence-electron chi connectivity index (χ3n) is 2.51. The second-order valence-electron chi connectivity index (χ2n) is 3.86. The number of rotatable bonds is 5. The maximum absolute atomic E-state index is 11.5. The lowest BCUT2D eigenvalue weighted by molar-refractivity contribution is -0.125. The molecule has 0 bridgehead atoms. The Hall–Kier alpha value is -1.26. The summed E-state index contributed by atoms with van der Waals surface area (Å²) in [6.07, 6.45) is 0. The molecule has 1 atom stereocenters. The van der Waals surface area contributed by atoms with Crippen molar-refractivity contribution in [2.45, 2.75) is 13.5 Å². The first-order chi connectivity index (χ1) is 8.08. The molecule has 0 aliphatic carbocycles. The summed E-state index contributed by atoms with van der Waals surface area (Å²) in [5.74, 6) is -0.584. The molecule has 1 rings (SSSR count). The third kappa shape index (κ3) is 3.91. The van der Waals surface area contributed by atoms with Gasteiger partial charge in [-0.15, -0.1) is 0 Å². The molecule has 1 amide bonds. The molecule has 1 aromatic carbocycles. The molecule has 4 nitrogen and oxygen atoms in total. The van der Waals surface area contributed by atoms with Gasteiger partial charge >= 0.3 is 0 Å². The predicted octanol–water partition coefficient (Wildman–Crippen LogP) is 1.63. The van der Waals surface area contributed by atoms with Crippen LogP contribution in [0, 0.1) is 5.92 Å². The molecular weight excluding hydrogens is 240 g/mol. The normalized spacial score (nSPS) is 12.0. The summed E-state index contributed by atoms with van der Waals surface area (Å²) in [4.78, 5) is 11.5. The standard InChI is InChI=1S/C12H17ClN2O2/c1-8(7-16)12(17)15-6-9-5-10(14-2)3-4-11(9)13/h3-5,8,14,16H,6-7H2,1-2H3,(H,15,17). The summed E-state index contributed by atoms with van der Waals surface area (Å²) >= 11 is 6.02. The Morgan fingerprint density at radius 1 is 1.53 bits per heavy atom. The highest BCUT2D eigenvalue weighted by Gasteiger charge is 2.11. The van der Waals surface area contributed by atoms with Crippen LogP contribution in [0.2, 0.25) is 5.02 Å². The molecule has 0 aliphatic rings. The average molecular weight is 257 g/mol. The summed E-state index contributed by atoms with van der Waals surface area (Å²) in [7, 11) is 1.82. The Labute approximate surface area is 106 Å². The highest BCUT2D eigenvalue weighted by Crippen LogP contribution is 2.20. The van der Waals surface area contributed by atoms with E-state index in [-0.39, 0.29) is 12.5 Å². The van der Waals surface area contributed by atoms with Gasteiger partial charge in [-0.05, 0) is 23.8 Å². The topological polar surface area (TPSA) is 61.4 Å². The van der Waals surface area contributed by atoms with E-state index in [0.29, 0.717) is 11.6 Å². The van der Waals surface area contributed by atoms with Crippen LogP contribution < -0.4 is 10.6 Å². The molecule has 0 aliphatic heterocycles. The number of nitrogens with one attached hydrogen (secondary N) is 2. The Kier molecular flexibility index (Phi) is 5.25. The molecule has 17 heavy (non-hydrogen) atoms. The minimum absolute atomic E-state index is 0.157. The van der Waals surface area contributed by atoms with Gasteiger partial charge in [0.2, 0.25) is 5.91 Å². The number of hydrogen-bond acceptors (Lipinski definition) is 3. The Balaban J connectivity index is 2.65. The van der Waals surface area contributed by atoms with E-state index in [1.54, 1.807) is 13.0 Å². The first-order valence-corrected chi connectivity index (χ1v) is 5.81. The van der Waals surface area contributed by atoms with Gasteiger partial charge in [-0.2, -0.15) is 0 Å². The number of benzene rings is 1. The molecule has 94 valence electrons. The van der Waals surface area contributed by atoms with E-state index < -0.39 is 5.92 Å². The van der Waals surface area contributed by atoms with Crippen LogP contribution in [0.15, 0.2) is 18.2 Å². The lowest BCUT2D eigenvalue weighted by Gasteiger charge is -2.11. The third-order valence-corrected chi connectivity index (χ3v) is 2.88. The van der Waals surface area contributed by atoms with Gasteiger partial charge < -0.3 is 15.7 Å². The highest BCUT2D eigenvalue weighted by molar-refractivity contribution is 6.31. The number of hydrogen-bond donors (Lipinski definition) is 3. The average Bonchev–Trinajstić information content (AvgIpc) is 2.36. The second kappa shape index (κ2) is 6.47. The van der Waals surface area contributed by atoms with Crippen LogP contribution in [0.5, 0.6) is 0 Å².